The van der Waals surface area contributed by atoms with E-state index < -0.39 is 0 Å². The van der Waals surface area contributed by atoms with Gasteiger partial charge in [-0.25, -0.2) is 4.98 Å². The third kappa shape index (κ3) is 5.38. The molecule has 6 heteroatoms. The number of rotatable bonds is 9. The van der Waals surface area contributed by atoms with Crippen LogP contribution in [-0.2, 0) is 0 Å². The van der Waals surface area contributed by atoms with Gasteiger partial charge < -0.3 is 19.7 Å². The smallest absolute Gasteiger partial charge is 0.254 e. The minimum atomic E-state index is 0.0185. The number of amides is 1. The molecule has 0 fully saturated rings. The molecule has 0 aliphatic rings. The number of anilines is 1. The average Bonchev–Trinajstić information content (AvgIpc) is 2.67. The first-order chi connectivity index (χ1) is 12.2. The molecule has 1 heterocycles. The van der Waals surface area contributed by atoms with Crippen LogP contribution < -0.4 is 14.8 Å². The Bertz CT molecular complexity index is 670. The van der Waals surface area contributed by atoms with E-state index in [2.05, 4.69) is 10.3 Å². The second kappa shape index (κ2) is 9.52. The first kappa shape index (κ1) is 18.6. The Labute approximate surface area is 148 Å². The molecule has 0 spiro atoms. The summed E-state index contributed by atoms with van der Waals surface area (Å²) >= 11 is 0. The molecular formula is C19H25N3O3. The molecule has 0 aliphatic carbocycles. The fourth-order valence-corrected chi connectivity index (χ4v) is 2.37. The summed E-state index contributed by atoms with van der Waals surface area (Å²) in [6, 6.07) is 10.9. The van der Waals surface area contributed by atoms with Crippen molar-refractivity contribution >= 4 is 11.7 Å². The van der Waals surface area contributed by atoms with Crippen molar-refractivity contribution in [2.75, 3.05) is 38.7 Å². The van der Waals surface area contributed by atoms with Crippen molar-refractivity contribution in [3.8, 4) is 11.5 Å². The number of aromatic nitrogens is 1. The van der Waals surface area contributed by atoms with Crippen LogP contribution in [0.4, 0.5) is 5.82 Å². The maximum atomic E-state index is 12.4. The van der Waals surface area contributed by atoms with E-state index in [1.807, 2.05) is 38.1 Å². The molecule has 0 saturated carbocycles. The molecule has 0 radical (unpaired) electrons. The fraction of sp³-hybridized carbons (Fsp3) is 0.368. The zero-order chi connectivity index (χ0) is 18.1. The summed E-state index contributed by atoms with van der Waals surface area (Å²) in [5.74, 6) is 2.26. The van der Waals surface area contributed by atoms with Gasteiger partial charge in [-0.3, -0.25) is 4.79 Å². The molecule has 0 aliphatic heterocycles. The van der Waals surface area contributed by atoms with Gasteiger partial charge >= 0.3 is 0 Å². The van der Waals surface area contributed by atoms with Gasteiger partial charge in [-0.2, -0.15) is 0 Å². The molecule has 2 aromatic rings. The van der Waals surface area contributed by atoms with E-state index in [-0.39, 0.29) is 5.91 Å². The quantitative estimate of drug-likeness (QED) is 0.709. The van der Waals surface area contributed by atoms with E-state index in [0.717, 1.165) is 11.5 Å². The lowest BCUT2D eigenvalue weighted by molar-refractivity contribution is 0.0773. The second-order valence-corrected chi connectivity index (χ2v) is 5.36. The summed E-state index contributed by atoms with van der Waals surface area (Å²) in [5, 5.41) is 3.18. The van der Waals surface area contributed by atoms with Gasteiger partial charge in [-0.15, -0.1) is 0 Å². The molecule has 134 valence electrons. The minimum Gasteiger partial charge on any atom is -0.497 e. The van der Waals surface area contributed by atoms with Crippen LogP contribution in [-0.4, -0.2) is 49.1 Å². The fourth-order valence-electron chi connectivity index (χ4n) is 2.37. The van der Waals surface area contributed by atoms with Crippen LogP contribution in [0.3, 0.4) is 0 Å². The molecular weight excluding hydrogens is 318 g/mol. The molecule has 1 N–H and O–H groups in total. The highest BCUT2D eigenvalue weighted by Crippen LogP contribution is 2.17. The van der Waals surface area contributed by atoms with Gasteiger partial charge in [-0.1, -0.05) is 0 Å². The maximum absolute atomic E-state index is 12.4. The average molecular weight is 343 g/mol. The van der Waals surface area contributed by atoms with Crippen LogP contribution in [0.5, 0.6) is 11.5 Å². The Hall–Kier alpha value is -2.76. The van der Waals surface area contributed by atoms with E-state index in [1.54, 1.807) is 30.3 Å². The van der Waals surface area contributed by atoms with Gasteiger partial charge in [0.15, 0.2) is 0 Å². The zero-order valence-electron chi connectivity index (χ0n) is 15.0. The van der Waals surface area contributed by atoms with E-state index >= 15 is 0 Å². The molecule has 25 heavy (non-hydrogen) atoms. The largest absolute Gasteiger partial charge is 0.497 e. The number of nitrogens with zero attached hydrogens (tertiary/aromatic N) is 2. The van der Waals surface area contributed by atoms with Crippen molar-refractivity contribution in [1.29, 1.82) is 0 Å². The third-order valence-corrected chi connectivity index (χ3v) is 3.79. The molecule has 1 amide bonds. The molecule has 0 unspecified atom stereocenters. The first-order valence-corrected chi connectivity index (χ1v) is 8.44. The van der Waals surface area contributed by atoms with Gasteiger partial charge in [-0.05, 0) is 50.2 Å². The lowest BCUT2D eigenvalue weighted by Gasteiger charge is -2.18. The Morgan fingerprint density at radius 2 is 1.80 bits per heavy atom. The first-order valence-electron chi connectivity index (χ1n) is 8.44. The summed E-state index contributed by atoms with van der Waals surface area (Å²) < 4.78 is 10.8. The van der Waals surface area contributed by atoms with Gasteiger partial charge in [0.05, 0.1) is 13.7 Å². The number of hydrogen-bond donors (Lipinski definition) is 1. The van der Waals surface area contributed by atoms with Gasteiger partial charge in [0.1, 0.15) is 23.9 Å². The highest BCUT2D eigenvalue weighted by atomic mass is 16.5. The summed E-state index contributed by atoms with van der Waals surface area (Å²) in [7, 11) is 1.63. The monoisotopic (exact) mass is 343 g/mol. The third-order valence-electron chi connectivity index (χ3n) is 3.79. The number of ether oxygens (including phenoxy) is 2. The topological polar surface area (TPSA) is 63.7 Å². The highest BCUT2D eigenvalue weighted by Gasteiger charge is 2.12. The predicted molar refractivity (Wildman–Crippen MR) is 98.5 cm³/mol. The Kier molecular flexibility index (Phi) is 7.07. The van der Waals surface area contributed by atoms with Crippen LogP contribution in [0.2, 0.25) is 0 Å². The second-order valence-electron chi connectivity index (χ2n) is 5.36. The molecule has 1 aromatic carbocycles. The highest BCUT2D eigenvalue weighted by molar-refractivity contribution is 5.94. The Morgan fingerprint density at radius 3 is 2.44 bits per heavy atom. The van der Waals surface area contributed by atoms with E-state index in [9.17, 15) is 4.79 Å². The minimum absolute atomic E-state index is 0.0185. The van der Waals surface area contributed by atoms with Gasteiger partial charge in [0.2, 0.25) is 0 Å². The summed E-state index contributed by atoms with van der Waals surface area (Å²) in [4.78, 5) is 18.4. The molecule has 2 rings (SSSR count). The number of carbonyl (C=O) groups is 1. The van der Waals surface area contributed by atoms with Gasteiger partial charge in [0.25, 0.3) is 5.91 Å². The number of benzene rings is 1. The van der Waals surface area contributed by atoms with Crippen molar-refractivity contribution in [1.82, 2.24) is 9.88 Å². The van der Waals surface area contributed by atoms with Crippen molar-refractivity contribution in [3.63, 3.8) is 0 Å². The lowest BCUT2D eigenvalue weighted by atomic mass is 10.2. The standard InChI is InChI=1S/C19H25N3O3/c1-4-22(5-2)19(23)15-10-11-20-18(14-15)21-12-13-25-17-8-6-16(24-3)7-9-17/h6-11,14H,4-5,12-13H2,1-3H3,(H,20,21). The maximum Gasteiger partial charge on any atom is 0.254 e. The van der Waals surface area contributed by atoms with Crippen LogP contribution in [0.25, 0.3) is 0 Å². The SMILES string of the molecule is CCN(CC)C(=O)c1ccnc(NCCOc2ccc(OC)cc2)c1. The van der Waals surface area contributed by atoms with E-state index in [0.29, 0.717) is 37.6 Å². The van der Waals surface area contributed by atoms with Crippen molar-refractivity contribution in [2.24, 2.45) is 0 Å². The Balaban J connectivity index is 1.84. The number of pyridine rings is 1. The normalized spacial score (nSPS) is 10.2. The molecule has 0 bridgehead atoms. The van der Waals surface area contributed by atoms with E-state index in [4.69, 9.17) is 9.47 Å². The van der Waals surface area contributed by atoms with Crippen LogP contribution in [0.15, 0.2) is 42.6 Å². The summed E-state index contributed by atoms with van der Waals surface area (Å²) in [6.07, 6.45) is 1.64. The molecule has 0 atom stereocenters. The predicted octanol–water partition coefficient (Wildman–Crippen LogP) is 3.06. The van der Waals surface area contributed by atoms with Crippen molar-refractivity contribution in [3.05, 3.63) is 48.2 Å². The zero-order valence-corrected chi connectivity index (χ0v) is 15.0. The number of carbonyl (C=O) groups excluding carboxylic acids is 1. The van der Waals surface area contributed by atoms with Crippen LogP contribution in [0, 0.1) is 0 Å². The molecule has 1 aromatic heterocycles. The molecule has 0 saturated heterocycles. The summed E-state index contributed by atoms with van der Waals surface area (Å²) in [5.41, 5.74) is 0.636. The van der Waals surface area contributed by atoms with Crippen molar-refractivity contribution in [2.45, 2.75) is 13.8 Å². The number of methoxy groups -OCH3 is 1. The van der Waals surface area contributed by atoms with Gasteiger partial charge in [0, 0.05) is 24.8 Å². The van der Waals surface area contributed by atoms with Crippen molar-refractivity contribution < 1.29 is 14.3 Å². The Morgan fingerprint density at radius 1 is 1.12 bits per heavy atom. The number of hydrogen-bond acceptors (Lipinski definition) is 5. The summed E-state index contributed by atoms with van der Waals surface area (Å²) in [6.45, 7) is 6.40. The lowest BCUT2D eigenvalue weighted by Crippen LogP contribution is -2.30. The van der Waals surface area contributed by atoms with Crippen LogP contribution in [0.1, 0.15) is 24.2 Å². The molecule has 6 nitrogen and oxygen atoms in total. The van der Waals surface area contributed by atoms with E-state index in [1.165, 1.54) is 0 Å². The number of nitrogens with one attached hydrogen (secondary N) is 1. The van der Waals surface area contributed by atoms with Crippen LogP contribution >= 0.6 is 0 Å².